The monoisotopic (exact) mass is 311 g/mol. The van der Waals surface area contributed by atoms with Crippen molar-refractivity contribution in [3.8, 4) is 5.75 Å². The number of hydrogen-bond acceptors (Lipinski definition) is 3. The fourth-order valence-electron chi connectivity index (χ4n) is 3.19. The van der Waals surface area contributed by atoms with Gasteiger partial charge in [-0.3, -0.25) is 0 Å². The summed E-state index contributed by atoms with van der Waals surface area (Å²) in [6.07, 6.45) is 5.54. The summed E-state index contributed by atoms with van der Waals surface area (Å²) in [5.74, 6) is 0.905. The Labute approximate surface area is 133 Å². The molecule has 1 aromatic carbocycles. The van der Waals surface area contributed by atoms with Gasteiger partial charge in [0.15, 0.2) is 0 Å². The Kier molecular flexibility index (Phi) is 5.91. The topological polar surface area (TPSA) is 30.5 Å². The predicted molar refractivity (Wildman–Crippen MR) is 87.4 cm³/mol. The Morgan fingerprint density at radius 2 is 2.10 bits per heavy atom. The number of nitrogens with one attached hydrogen (secondary N) is 1. The van der Waals surface area contributed by atoms with E-state index in [1.165, 1.54) is 6.42 Å². The van der Waals surface area contributed by atoms with Crippen LogP contribution >= 0.6 is 11.6 Å². The van der Waals surface area contributed by atoms with Crippen molar-refractivity contribution in [2.24, 2.45) is 0 Å². The quantitative estimate of drug-likeness (QED) is 0.791. The van der Waals surface area contributed by atoms with Crippen molar-refractivity contribution in [2.45, 2.75) is 50.7 Å². The minimum atomic E-state index is 0.0681. The van der Waals surface area contributed by atoms with Crippen LogP contribution in [0.1, 0.15) is 38.2 Å². The van der Waals surface area contributed by atoms with Crippen LogP contribution in [0.5, 0.6) is 5.75 Å². The van der Waals surface area contributed by atoms with E-state index in [9.17, 15) is 0 Å². The van der Waals surface area contributed by atoms with Crippen molar-refractivity contribution in [3.05, 3.63) is 28.8 Å². The highest BCUT2D eigenvalue weighted by Gasteiger charge is 2.38. The van der Waals surface area contributed by atoms with Crippen LogP contribution in [0.15, 0.2) is 18.2 Å². The average Bonchev–Trinajstić information content (AvgIpc) is 2.43. The van der Waals surface area contributed by atoms with E-state index in [1.54, 1.807) is 7.11 Å². The van der Waals surface area contributed by atoms with Crippen LogP contribution in [0.3, 0.4) is 0 Å². The molecular weight excluding hydrogens is 286 g/mol. The van der Waals surface area contributed by atoms with Gasteiger partial charge in [-0.25, -0.2) is 0 Å². The third kappa shape index (κ3) is 4.12. The molecule has 1 N–H and O–H groups in total. The first-order chi connectivity index (χ1) is 10.1. The zero-order valence-electron chi connectivity index (χ0n) is 13.2. The van der Waals surface area contributed by atoms with Gasteiger partial charge in [0.25, 0.3) is 0 Å². The Hall–Kier alpha value is -0.770. The summed E-state index contributed by atoms with van der Waals surface area (Å²) in [5, 5.41) is 4.34. The lowest BCUT2D eigenvalue weighted by atomic mass is 9.75. The van der Waals surface area contributed by atoms with Crippen LogP contribution in [0, 0.1) is 0 Å². The van der Waals surface area contributed by atoms with Crippen LogP contribution in [0.25, 0.3) is 0 Å². The summed E-state index contributed by atoms with van der Waals surface area (Å²) in [6.45, 7) is 3.09. The minimum absolute atomic E-state index is 0.0681. The number of likely N-dealkylation sites (N-methyl/N-ethyl adjacent to an activating group) is 1. The molecule has 118 valence electrons. The van der Waals surface area contributed by atoms with Crippen molar-refractivity contribution < 1.29 is 9.47 Å². The molecule has 4 heteroatoms. The van der Waals surface area contributed by atoms with Gasteiger partial charge >= 0.3 is 0 Å². The molecule has 0 amide bonds. The summed E-state index contributed by atoms with van der Waals surface area (Å²) in [7, 11) is 3.54. The van der Waals surface area contributed by atoms with Gasteiger partial charge in [-0.05, 0) is 62.4 Å². The molecule has 3 nitrogen and oxygen atoms in total. The van der Waals surface area contributed by atoms with Crippen LogP contribution in [-0.2, 0) is 11.2 Å². The molecule has 2 rings (SSSR count). The Morgan fingerprint density at radius 3 is 2.62 bits per heavy atom. The standard InChI is InChI=1S/C17H26ClNO2/c1-4-19-15(12-17(21-3)8-5-9-17)11-13-10-14(18)6-7-16(13)20-2/h6-7,10,15,19H,4-5,8-9,11-12H2,1-3H3. The maximum Gasteiger partial charge on any atom is 0.122 e. The summed E-state index contributed by atoms with van der Waals surface area (Å²) >= 11 is 6.13. The molecule has 0 radical (unpaired) electrons. The molecule has 0 bridgehead atoms. The van der Waals surface area contributed by atoms with Crippen molar-refractivity contribution in [2.75, 3.05) is 20.8 Å². The van der Waals surface area contributed by atoms with Gasteiger partial charge in [0.2, 0.25) is 0 Å². The zero-order chi connectivity index (χ0) is 15.3. The van der Waals surface area contributed by atoms with Gasteiger partial charge in [-0.15, -0.1) is 0 Å². The fourth-order valence-corrected chi connectivity index (χ4v) is 3.38. The molecule has 1 unspecified atom stereocenters. The lowest BCUT2D eigenvalue weighted by Gasteiger charge is -2.43. The van der Waals surface area contributed by atoms with E-state index in [2.05, 4.69) is 12.2 Å². The minimum Gasteiger partial charge on any atom is -0.496 e. The van der Waals surface area contributed by atoms with E-state index in [4.69, 9.17) is 21.1 Å². The lowest BCUT2D eigenvalue weighted by molar-refractivity contribution is -0.0833. The van der Waals surface area contributed by atoms with Crippen molar-refractivity contribution in [3.63, 3.8) is 0 Å². The van der Waals surface area contributed by atoms with Crippen molar-refractivity contribution >= 4 is 11.6 Å². The van der Waals surface area contributed by atoms with Gasteiger partial charge in [-0.1, -0.05) is 18.5 Å². The molecule has 1 aliphatic carbocycles. The van der Waals surface area contributed by atoms with Gasteiger partial charge in [0.05, 0.1) is 12.7 Å². The molecule has 1 aliphatic rings. The maximum absolute atomic E-state index is 6.13. The molecule has 1 saturated carbocycles. The van der Waals surface area contributed by atoms with E-state index in [-0.39, 0.29) is 5.60 Å². The van der Waals surface area contributed by atoms with Gasteiger partial charge in [0.1, 0.15) is 5.75 Å². The van der Waals surface area contributed by atoms with Gasteiger partial charge in [-0.2, -0.15) is 0 Å². The van der Waals surface area contributed by atoms with Crippen LogP contribution < -0.4 is 10.1 Å². The second kappa shape index (κ2) is 7.48. The third-order valence-electron chi connectivity index (χ3n) is 4.52. The van der Waals surface area contributed by atoms with Crippen LogP contribution in [0.2, 0.25) is 5.02 Å². The van der Waals surface area contributed by atoms with Crippen molar-refractivity contribution in [1.82, 2.24) is 5.32 Å². The SMILES string of the molecule is CCNC(Cc1cc(Cl)ccc1OC)CC1(OC)CCC1. The first-order valence-corrected chi connectivity index (χ1v) is 8.11. The number of hydrogen-bond donors (Lipinski definition) is 1. The summed E-state index contributed by atoms with van der Waals surface area (Å²) in [5.41, 5.74) is 1.22. The summed E-state index contributed by atoms with van der Waals surface area (Å²) in [4.78, 5) is 0. The highest BCUT2D eigenvalue weighted by atomic mass is 35.5. The predicted octanol–water partition coefficient (Wildman–Crippen LogP) is 3.83. The zero-order valence-corrected chi connectivity index (χ0v) is 14.0. The Morgan fingerprint density at radius 1 is 1.33 bits per heavy atom. The molecule has 0 aromatic heterocycles. The molecule has 1 atom stereocenters. The molecule has 0 aliphatic heterocycles. The van der Waals surface area contributed by atoms with Crippen molar-refractivity contribution in [1.29, 1.82) is 0 Å². The smallest absolute Gasteiger partial charge is 0.122 e. The maximum atomic E-state index is 6.13. The Balaban J connectivity index is 2.10. The first kappa shape index (κ1) is 16.6. The normalized spacial score (nSPS) is 18.1. The number of methoxy groups -OCH3 is 2. The molecule has 21 heavy (non-hydrogen) atoms. The van der Waals surface area contributed by atoms with Crippen LogP contribution in [-0.4, -0.2) is 32.4 Å². The second-order valence-corrected chi connectivity index (χ2v) is 6.30. The highest BCUT2D eigenvalue weighted by molar-refractivity contribution is 6.30. The van der Waals surface area contributed by atoms with E-state index < -0.39 is 0 Å². The molecule has 0 saturated heterocycles. The average molecular weight is 312 g/mol. The summed E-state index contributed by atoms with van der Waals surface area (Å²) in [6, 6.07) is 6.19. The molecule has 1 fully saturated rings. The molecule has 0 heterocycles. The molecule has 1 aromatic rings. The summed E-state index contributed by atoms with van der Waals surface area (Å²) < 4.78 is 11.2. The fraction of sp³-hybridized carbons (Fsp3) is 0.647. The highest BCUT2D eigenvalue weighted by Crippen LogP contribution is 2.39. The van der Waals surface area contributed by atoms with Gasteiger partial charge in [0, 0.05) is 18.2 Å². The van der Waals surface area contributed by atoms with Crippen LogP contribution in [0.4, 0.5) is 0 Å². The first-order valence-electron chi connectivity index (χ1n) is 7.73. The number of rotatable bonds is 8. The number of halogens is 1. The number of benzene rings is 1. The molecular formula is C17H26ClNO2. The van der Waals surface area contributed by atoms with E-state index in [0.29, 0.717) is 6.04 Å². The largest absolute Gasteiger partial charge is 0.496 e. The second-order valence-electron chi connectivity index (χ2n) is 5.86. The molecule has 0 spiro atoms. The van der Waals surface area contributed by atoms with E-state index in [1.807, 2.05) is 25.3 Å². The Bertz CT molecular complexity index is 455. The van der Waals surface area contributed by atoms with E-state index in [0.717, 1.165) is 48.6 Å². The third-order valence-corrected chi connectivity index (χ3v) is 4.75. The van der Waals surface area contributed by atoms with Gasteiger partial charge < -0.3 is 14.8 Å². The lowest BCUT2D eigenvalue weighted by Crippen LogP contribution is -2.46. The number of ether oxygens (including phenoxy) is 2. The van der Waals surface area contributed by atoms with E-state index >= 15 is 0 Å².